The molecule has 2 atom stereocenters. The molecular formula is C20H18F3N3O4. The highest BCUT2D eigenvalue weighted by molar-refractivity contribution is 5.95. The summed E-state index contributed by atoms with van der Waals surface area (Å²) in [6, 6.07) is 12.2. The molecule has 0 bridgehead atoms. The van der Waals surface area contributed by atoms with Crippen LogP contribution in [-0.2, 0) is 11.2 Å². The molecule has 0 aliphatic carbocycles. The predicted octanol–water partition coefficient (Wildman–Crippen LogP) is 2.40. The van der Waals surface area contributed by atoms with Crippen molar-refractivity contribution in [3.05, 3.63) is 65.5 Å². The molecule has 0 saturated carbocycles. The van der Waals surface area contributed by atoms with Crippen LogP contribution in [0.1, 0.15) is 27.9 Å². The monoisotopic (exact) mass is 421 g/mol. The molecule has 1 saturated heterocycles. The molecule has 2 N–H and O–H groups in total. The number of alkyl halides is 3. The maximum atomic E-state index is 12.8. The van der Waals surface area contributed by atoms with E-state index in [0.717, 1.165) is 5.56 Å². The van der Waals surface area contributed by atoms with Crippen LogP contribution in [0.4, 0.5) is 13.2 Å². The van der Waals surface area contributed by atoms with Crippen molar-refractivity contribution >= 4 is 11.9 Å². The summed E-state index contributed by atoms with van der Waals surface area (Å²) in [5.74, 6) is -2.90. The zero-order chi connectivity index (χ0) is 22.3. The molecular weight excluding hydrogens is 403 g/mol. The molecule has 0 unspecified atom stereocenters. The van der Waals surface area contributed by atoms with E-state index in [1.54, 1.807) is 41.6 Å². The van der Waals surface area contributed by atoms with Crippen LogP contribution in [0.3, 0.4) is 0 Å². The van der Waals surface area contributed by atoms with Crippen molar-refractivity contribution < 1.29 is 33.0 Å². The van der Waals surface area contributed by atoms with Crippen LogP contribution in [0.15, 0.2) is 48.8 Å². The third-order valence-electron chi connectivity index (χ3n) is 4.42. The number of pyridine rings is 1. The highest BCUT2D eigenvalue weighted by Gasteiger charge is 2.38. The summed E-state index contributed by atoms with van der Waals surface area (Å²) in [4.78, 5) is 27.4. The molecule has 1 fully saturated rings. The van der Waals surface area contributed by atoms with Crippen molar-refractivity contribution in [1.82, 2.24) is 9.88 Å². The molecule has 10 heteroatoms. The van der Waals surface area contributed by atoms with E-state index in [0.29, 0.717) is 30.5 Å². The molecule has 1 aliphatic rings. The van der Waals surface area contributed by atoms with E-state index in [4.69, 9.17) is 15.2 Å². The van der Waals surface area contributed by atoms with E-state index < -0.39 is 18.2 Å². The highest BCUT2D eigenvalue weighted by atomic mass is 19.4. The first-order chi connectivity index (χ1) is 14.1. The van der Waals surface area contributed by atoms with Gasteiger partial charge in [-0.2, -0.15) is 18.4 Å². The Kier molecular flexibility index (Phi) is 7.49. The van der Waals surface area contributed by atoms with Crippen molar-refractivity contribution in [3.63, 3.8) is 0 Å². The van der Waals surface area contributed by atoms with Crippen molar-refractivity contribution in [2.24, 2.45) is 0 Å². The lowest BCUT2D eigenvalue weighted by Gasteiger charge is -2.26. The summed E-state index contributed by atoms with van der Waals surface area (Å²) in [5.41, 5.74) is 1.93. The van der Waals surface area contributed by atoms with Crippen molar-refractivity contribution in [1.29, 1.82) is 5.26 Å². The molecule has 3 rings (SSSR count). The number of carbonyl (C=O) groups is 2. The standard InChI is InChI=1S/C18H17N3O2.C2HF3O2/c19-11-13-3-1-5-15(9-13)18(23)21-8-6-17(22)16(21)10-14-4-2-7-20-12-14;3-2(4,5)1(6)7/h1-5,7,9,12,16-17,22H,6,8,10H2;(H,6,7)/t16-,17-;/m0./s1. The Morgan fingerprint density at radius 3 is 2.53 bits per heavy atom. The molecule has 30 heavy (non-hydrogen) atoms. The fraction of sp³-hybridized carbons (Fsp3) is 0.300. The van der Waals surface area contributed by atoms with Gasteiger partial charge in [-0.15, -0.1) is 0 Å². The van der Waals surface area contributed by atoms with Gasteiger partial charge in [0.2, 0.25) is 0 Å². The van der Waals surface area contributed by atoms with Crippen LogP contribution in [0, 0.1) is 11.3 Å². The van der Waals surface area contributed by atoms with Gasteiger partial charge in [-0.1, -0.05) is 12.1 Å². The Morgan fingerprint density at radius 1 is 1.27 bits per heavy atom. The van der Waals surface area contributed by atoms with Crippen LogP contribution in [0.25, 0.3) is 0 Å². The number of carboxylic acids is 1. The van der Waals surface area contributed by atoms with Crippen LogP contribution in [-0.4, -0.2) is 56.8 Å². The number of carboxylic acid groups (broad SMARTS) is 1. The Labute approximate surface area is 170 Å². The highest BCUT2D eigenvalue weighted by Crippen LogP contribution is 2.24. The number of nitrogens with zero attached hydrogens (tertiary/aromatic N) is 3. The minimum absolute atomic E-state index is 0.146. The number of amides is 1. The average Bonchev–Trinajstić information content (AvgIpc) is 3.08. The molecule has 1 amide bonds. The molecule has 1 aromatic heterocycles. The number of rotatable bonds is 3. The third kappa shape index (κ3) is 6.02. The number of hydrogen-bond acceptors (Lipinski definition) is 5. The van der Waals surface area contributed by atoms with E-state index in [1.807, 2.05) is 18.2 Å². The summed E-state index contributed by atoms with van der Waals surface area (Å²) in [6.07, 6.45) is -1.04. The van der Waals surface area contributed by atoms with E-state index in [2.05, 4.69) is 4.98 Å². The lowest BCUT2D eigenvalue weighted by Crippen LogP contribution is -2.41. The summed E-state index contributed by atoms with van der Waals surface area (Å²) < 4.78 is 31.7. The van der Waals surface area contributed by atoms with E-state index in [9.17, 15) is 23.1 Å². The maximum absolute atomic E-state index is 12.8. The molecule has 158 valence electrons. The van der Waals surface area contributed by atoms with Gasteiger partial charge in [0.15, 0.2) is 0 Å². The fourth-order valence-electron chi connectivity index (χ4n) is 2.98. The second kappa shape index (κ2) is 9.84. The molecule has 1 aromatic carbocycles. The Balaban J connectivity index is 0.000000396. The second-order valence-electron chi connectivity index (χ2n) is 6.48. The molecule has 2 heterocycles. The number of aliphatic hydroxyl groups excluding tert-OH is 1. The maximum Gasteiger partial charge on any atom is 0.490 e. The number of likely N-dealkylation sites (tertiary alicyclic amines) is 1. The van der Waals surface area contributed by atoms with Crippen LogP contribution in [0.2, 0.25) is 0 Å². The van der Waals surface area contributed by atoms with Gasteiger partial charge in [0.25, 0.3) is 5.91 Å². The largest absolute Gasteiger partial charge is 0.490 e. The van der Waals surface area contributed by atoms with Gasteiger partial charge in [0.1, 0.15) is 0 Å². The number of nitriles is 1. The van der Waals surface area contributed by atoms with Gasteiger partial charge in [-0.3, -0.25) is 9.78 Å². The molecule has 7 nitrogen and oxygen atoms in total. The lowest BCUT2D eigenvalue weighted by molar-refractivity contribution is -0.192. The first-order valence-electron chi connectivity index (χ1n) is 8.81. The number of hydrogen-bond donors (Lipinski definition) is 2. The quantitative estimate of drug-likeness (QED) is 0.787. The summed E-state index contributed by atoms with van der Waals surface area (Å²) in [5, 5.41) is 26.4. The number of aromatic nitrogens is 1. The summed E-state index contributed by atoms with van der Waals surface area (Å²) in [6.45, 7) is 0.516. The number of aliphatic hydroxyl groups is 1. The smallest absolute Gasteiger partial charge is 0.475 e. The lowest BCUT2D eigenvalue weighted by atomic mass is 10.0. The van der Waals surface area contributed by atoms with Crippen LogP contribution >= 0.6 is 0 Å². The van der Waals surface area contributed by atoms with E-state index in [1.165, 1.54) is 0 Å². The van der Waals surface area contributed by atoms with Gasteiger partial charge < -0.3 is 15.1 Å². The SMILES string of the molecule is N#Cc1cccc(C(=O)N2CC[C@H](O)[C@@H]2Cc2cccnc2)c1.O=C(O)C(F)(F)F. The summed E-state index contributed by atoms with van der Waals surface area (Å²) >= 11 is 0. The third-order valence-corrected chi connectivity index (χ3v) is 4.42. The molecule has 2 aromatic rings. The Hall–Kier alpha value is -3.45. The Bertz CT molecular complexity index is 929. The van der Waals surface area contributed by atoms with Gasteiger partial charge in [0.05, 0.1) is 23.8 Å². The Morgan fingerprint density at radius 2 is 1.97 bits per heavy atom. The minimum atomic E-state index is -5.08. The van der Waals surface area contributed by atoms with Gasteiger partial charge in [-0.05, 0) is 42.7 Å². The van der Waals surface area contributed by atoms with Crippen molar-refractivity contribution in [2.75, 3.05) is 6.54 Å². The van der Waals surface area contributed by atoms with E-state index in [-0.39, 0.29) is 11.9 Å². The number of aliphatic carboxylic acids is 1. The van der Waals surface area contributed by atoms with Gasteiger partial charge in [-0.25, -0.2) is 4.79 Å². The van der Waals surface area contributed by atoms with Crippen molar-refractivity contribution in [2.45, 2.75) is 31.2 Å². The predicted molar refractivity (Wildman–Crippen MR) is 98.2 cm³/mol. The van der Waals surface area contributed by atoms with E-state index >= 15 is 0 Å². The van der Waals surface area contributed by atoms with Crippen molar-refractivity contribution in [3.8, 4) is 6.07 Å². The van der Waals surface area contributed by atoms with Gasteiger partial charge in [0, 0.05) is 24.5 Å². The molecule has 0 spiro atoms. The minimum Gasteiger partial charge on any atom is -0.475 e. The zero-order valence-electron chi connectivity index (χ0n) is 15.6. The summed E-state index contributed by atoms with van der Waals surface area (Å²) in [7, 11) is 0. The topological polar surface area (TPSA) is 115 Å². The average molecular weight is 421 g/mol. The first-order valence-corrected chi connectivity index (χ1v) is 8.81. The zero-order valence-corrected chi connectivity index (χ0v) is 15.6. The van der Waals surface area contributed by atoms with Gasteiger partial charge >= 0.3 is 12.1 Å². The normalized spacial score (nSPS) is 18.2. The van der Waals surface area contributed by atoms with Crippen LogP contribution < -0.4 is 0 Å². The molecule has 1 aliphatic heterocycles. The molecule has 0 radical (unpaired) electrons. The number of halogens is 3. The fourth-order valence-corrected chi connectivity index (χ4v) is 2.98. The second-order valence-corrected chi connectivity index (χ2v) is 6.48. The first kappa shape index (κ1) is 22.8. The van der Waals surface area contributed by atoms with Crippen LogP contribution in [0.5, 0.6) is 0 Å². The number of benzene rings is 1. The number of carbonyl (C=O) groups excluding carboxylic acids is 1.